The second-order valence-corrected chi connectivity index (χ2v) is 4.27. The normalized spacial score (nSPS) is 10.2. The highest BCUT2D eigenvalue weighted by atomic mass is 16.1. The fourth-order valence-electron chi connectivity index (χ4n) is 1.79. The summed E-state index contributed by atoms with van der Waals surface area (Å²) in [7, 11) is 0. The van der Waals surface area contributed by atoms with Gasteiger partial charge in [-0.3, -0.25) is 9.78 Å². The fraction of sp³-hybridized carbons (Fsp3) is 0.200. The first-order valence-electron chi connectivity index (χ1n) is 5.66. The Kier molecular flexibility index (Phi) is 3.33. The van der Waals surface area contributed by atoms with Gasteiger partial charge in [-0.25, -0.2) is 0 Å². The fourth-order valence-corrected chi connectivity index (χ4v) is 1.79. The molecule has 0 unspecified atom stereocenters. The van der Waals surface area contributed by atoms with Crippen LogP contribution in [0.15, 0.2) is 42.7 Å². The van der Waals surface area contributed by atoms with Gasteiger partial charge in [0.15, 0.2) is 5.78 Å². The summed E-state index contributed by atoms with van der Waals surface area (Å²) in [4.78, 5) is 16.0. The van der Waals surface area contributed by atoms with Gasteiger partial charge in [0.05, 0.1) is 0 Å². The van der Waals surface area contributed by atoms with E-state index in [-0.39, 0.29) is 5.78 Å². The van der Waals surface area contributed by atoms with E-state index in [1.165, 1.54) is 5.56 Å². The zero-order valence-corrected chi connectivity index (χ0v) is 10.1. The average molecular weight is 225 g/mol. The standard InChI is InChI=1S/C15H15NO/c1-11-5-6-12(2)14(8-11)9-15(17)13-4-3-7-16-10-13/h3-8,10H,9H2,1-2H3. The van der Waals surface area contributed by atoms with Gasteiger partial charge in [-0.2, -0.15) is 0 Å². The third-order valence-electron chi connectivity index (χ3n) is 2.84. The van der Waals surface area contributed by atoms with Crippen LogP contribution in [0.5, 0.6) is 0 Å². The number of ketones is 1. The van der Waals surface area contributed by atoms with E-state index in [0.29, 0.717) is 12.0 Å². The molecule has 2 nitrogen and oxygen atoms in total. The SMILES string of the molecule is Cc1ccc(C)c(CC(=O)c2cccnc2)c1. The summed E-state index contributed by atoms with van der Waals surface area (Å²) in [6.45, 7) is 4.07. The summed E-state index contributed by atoms with van der Waals surface area (Å²) < 4.78 is 0. The topological polar surface area (TPSA) is 30.0 Å². The van der Waals surface area contributed by atoms with Crippen LogP contribution in [0.4, 0.5) is 0 Å². The Hall–Kier alpha value is -1.96. The van der Waals surface area contributed by atoms with Crippen molar-refractivity contribution in [1.29, 1.82) is 0 Å². The first-order valence-corrected chi connectivity index (χ1v) is 5.66. The predicted octanol–water partition coefficient (Wildman–Crippen LogP) is 3.12. The average Bonchev–Trinajstić information content (AvgIpc) is 2.35. The van der Waals surface area contributed by atoms with E-state index >= 15 is 0 Å². The number of rotatable bonds is 3. The molecule has 0 saturated heterocycles. The van der Waals surface area contributed by atoms with Gasteiger partial charge in [-0.1, -0.05) is 23.8 Å². The number of nitrogens with zero attached hydrogens (tertiary/aromatic N) is 1. The lowest BCUT2D eigenvalue weighted by Gasteiger charge is -2.06. The van der Waals surface area contributed by atoms with Crippen LogP contribution in [0.25, 0.3) is 0 Å². The van der Waals surface area contributed by atoms with Gasteiger partial charge >= 0.3 is 0 Å². The maximum atomic E-state index is 12.0. The zero-order chi connectivity index (χ0) is 12.3. The summed E-state index contributed by atoms with van der Waals surface area (Å²) in [6, 6.07) is 9.79. The highest BCUT2D eigenvalue weighted by Crippen LogP contribution is 2.13. The molecule has 0 radical (unpaired) electrons. The molecule has 0 saturated carbocycles. The van der Waals surface area contributed by atoms with Crippen LogP contribution in [0.2, 0.25) is 0 Å². The number of benzene rings is 1. The van der Waals surface area contributed by atoms with Crippen LogP contribution in [-0.4, -0.2) is 10.8 Å². The molecular formula is C15H15NO. The van der Waals surface area contributed by atoms with E-state index in [1.54, 1.807) is 24.5 Å². The first-order chi connectivity index (χ1) is 8.16. The highest BCUT2D eigenvalue weighted by Gasteiger charge is 2.08. The number of Topliss-reactive ketones (excluding diaryl/α,β-unsaturated/α-hetero) is 1. The van der Waals surface area contributed by atoms with Crippen molar-refractivity contribution in [2.75, 3.05) is 0 Å². The number of carbonyl (C=O) groups excluding carboxylic acids is 1. The van der Waals surface area contributed by atoms with E-state index in [1.807, 2.05) is 13.8 Å². The molecule has 0 aliphatic rings. The molecule has 1 aromatic carbocycles. The molecule has 0 N–H and O–H groups in total. The Labute approximate surface area is 101 Å². The first kappa shape index (κ1) is 11.5. The van der Waals surface area contributed by atoms with Gasteiger partial charge < -0.3 is 0 Å². The van der Waals surface area contributed by atoms with Crippen molar-refractivity contribution >= 4 is 5.78 Å². The van der Waals surface area contributed by atoms with E-state index in [0.717, 1.165) is 11.1 Å². The number of aryl methyl sites for hydroxylation is 2. The van der Waals surface area contributed by atoms with E-state index < -0.39 is 0 Å². The largest absolute Gasteiger partial charge is 0.294 e. The third-order valence-corrected chi connectivity index (χ3v) is 2.84. The Morgan fingerprint density at radius 3 is 2.76 bits per heavy atom. The maximum Gasteiger partial charge on any atom is 0.168 e. The molecule has 1 heterocycles. The zero-order valence-electron chi connectivity index (χ0n) is 10.1. The second kappa shape index (κ2) is 4.91. The molecule has 0 spiro atoms. The van der Waals surface area contributed by atoms with Crippen LogP contribution in [0, 0.1) is 13.8 Å². The molecule has 0 fully saturated rings. The van der Waals surface area contributed by atoms with Gasteiger partial charge in [0.1, 0.15) is 0 Å². The quantitative estimate of drug-likeness (QED) is 0.751. The molecule has 0 bridgehead atoms. The summed E-state index contributed by atoms with van der Waals surface area (Å²) in [6.07, 6.45) is 3.74. The molecule has 0 aliphatic carbocycles. The summed E-state index contributed by atoms with van der Waals surface area (Å²) in [5.41, 5.74) is 4.12. The third kappa shape index (κ3) is 2.78. The number of aromatic nitrogens is 1. The lowest BCUT2D eigenvalue weighted by molar-refractivity contribution is 0.0992. The number of carbonyl (C=O) groups is 1. The molecule has 0 atom stereocenters. The van der Waals surface area contributed by atoms with Crippen LogP contribution in [-0.2, 0) is 6.42 Å². The second-order valence-electron chi connectivity index (χ2n) is 4.27. The van der Waals surface area contributed by atoms with E-state index in [4.69, 9.17) is 0 Å². The molecular weight excluding hydrogens is 210 g/mol. The van der Waals surface area contributed by atoms with Crippen molar-refractivity contribution in [2.45, 2.75) is 20.3 Å². The Morgan fingerprint density at radius 1 is 1.24 bits per heavy atom. The van der Waals surface area contributed by atoms with Gasteiger partial charge in [0.25, 0.3) is 0 Å². The van der Waals surface area contributed by atoms with Crippen molar-refractivity contribution < 1.29 is 4.79 Å². The monoisotopic (exact) mass is 225 g/mol. The minimum Gasteiger partial charge on any atom is -0.294 e. The maximum absolute atomic E-state index is 12.0. The van der Waals surface area contributed by atoms with Crippen LogP contribution >= 0.6 is 0 Å². The molecule has 2 rings (SSSR count). The minimum absolute atomic E-state index is 0.117. The smallest absolute Gasteiger partial charge is 0.168 e. The van der Waals surface area contributed by atoms with Crippen molar-refractivity contribution in [3.8, 4) is 0 Å². The lowest BCUT2D eigenvalue weighted by atomic mass is 9.98. The van der Waals surface area contributed by atoms with Gasteiger partial charge in [0, 0.05) is 24.4 Å². The summed E-state index contributed by atoms with van der Waals surface area (Å²) in [5, 5.41) is 0. The van der Waals surface area contributed by atoms with Crippen LogP contribution in [0.3, 0.4) is 0 Å². The molecule has 0 amide bonds. The predicted molar refractivity (Wildman–Crippen MR) is 68.2 cm³/mol. The summed E-state index contributed by atoms with van der Waals surface area (Å²) >= 11 is 0. The van der Waals surface area contributed by atoms with Crippen LogP contribution in [0.1, 0.15) is 27.0 Å². The van der Waals surface area contributed by atoms with Gasteiger partial charge in [-0.15, -0.1) is 0 Å². The number of pyridine rings is 1. The van der Waals surface area contributed by atoms with Crippen molar-refractivity contribution in [1.82, 2.24) is 4.98 Å². The molecule has 0 aliphatic heterocycles. The Morgan fingerprint density at radius 2 is 2.06 bits per heavy atom. The Bertz CT molecular complexity index is 532. The highest BCUT2D eigenvalue weighted by molar-refractivity contribution is 5.97. The van der Waals surface area contributed by atoms with E-state index in [9.17, 15) is 4.79 Å². The molecule has 2 heteroatoms. The molecule has 86 valence electrons. The molecule has 2 aromatic rings. The van der Waals surface area contributed by atoms with E-state index in [2.05, 4.69) is 23.2 Å². The van der Waals surface area contributed by atoms with Crippen molar-refractivity contribution in [2.24, 2.45) is 0 Å². The number of hydrogen-bond acceptors (Lipinski definition) is 2. The van der Waals surface area contributed by atoms with Crippen molar-refractivity contribution in [3.63, 3.8) is 0 Å². The van der Waals surface area contributed by atoms with Gasteiger partial charge in [-0.05, 0) is 37.1 Å². The Balaban J connectivity index is 2.22. The lowest BCUT2D eigenvalue weighted by Crippen LogP contribution is -2.05. The molecule has 17 heavy (non-hydrogen) atoms. The number of hydrogen-bond donors (Lipinski definition) is 0. The van der Waals surface area contributed by atoms with Crippen molar-refractivity contribution in [3.05, 3.63) is 65.0 Å². The van der Waals surface area contributed by atoms with Crippen LogP contribution < -0.4 is 0 Å². The molecule has 1 aromatic heterocycles. The minimum atomic E-state index is 0.117. The van der Waals surface area contributed by atoms with Gasteiger partial charge in [0.2, 0.25) is 0 Å². The summed E-state index contributed by atoms with van der Waals surface area (Å²) in [5.74, 6) is 0.117.